The fourth-order valence-electron chi connectivity index (χ4n) is 5.45. The maximum atomic E-state index is 13.7. The highest BCUT2D eigenvalue weighted by molar-refractivity contribution is 6.11. The molecule has 7 heteroatoms. The molecule has 0 spiro atoms. The summed E-state index contributed by atoms with van der Waals surface area (Å²) in [5, 5.41) is 4.55. The minimum absolute atomic E-state index is 0.000760. The Labute approximate surface area is 196 Å². The summed E-state index contributed by atoms with van der Waals surface area (Å²) in [6.45, 7) is 12.4. The number of carbonyl (C=O) groups is 1. The molecule has 2 fully saturated rings. The Kier molecular flexibility index (Phi) is 6.73. The van der Waals surface area contributed by atoms with Gasteiger partial charge in [0, 0.05) is 59.8 Å². The number of ketones is 1. The van der Waals surface area contributed by atoms with Gasteiger partial charge in [0.15, 0.2) is 5.78 Å². The number of carbonyl (C=O) groups excluding carboxylic acids is 1. The highest BCUT2D eigenvalue weighted by Gasteiger charge is 2.68. The molecule has 33 heavy (non-hydrogen) atoms. The van der Waals surface area contributed by atoms with Crippen LogP contribution in [-0.2, 0) is 11.3 Å². The lowest BCUT2D eigenvalue weighted by Gasteiger charge is -2.22. The van der Waals surface area contributed by atoms with Crippen molar-refractivity contribution in [2.45, 2.75) is 59.9 Å². The SMILES string of the molecule is CC1(C)C(C(=O)c2cn(CC3CCOCC3)c3ccc(OCCCCN=[N+]=[N-])cc23)C1(C)C. The normalized spacial score (nSPS) is 19.9. The van der Waals surface area contributed by atoms with Crippen molar-refractivity contribution in [1.82, 2.24) is 4.57 Å². The Hall–Kier alpha value is -2.50. The second-order valence-electron chi connectivity index (χ2n) is 10.7. The van der Waals surface area contributed by atoms with Crippen molar-refractivity contribution >= 4 is 16.7 Å². The third-order valence-corrected chi connectivity index (χ3v) is 8.18. The Morgan fingerprint density at radius 2 is 1.94 bits per heavy atom. The summed E-state index contributed by atoms with van der Waals surface area (Å²) in [6, 6.07) is 6.11. The van der Waals surface area contributed by atoms with Gasteiger partial charge in [0.1, 0.15) is 5.75 Å². The van der Waals surface area contributed by atoms with Gasteiger partial charge in [-0.05, 0) is 66.2 Å². The first-order chi connectivity index (χ1) is 15.8. The smallest absolute Gasteiger partial charge is 0.169 e. The summed E-state index contributed by atoms with van der Waals surface area (Å²) in [5.74, 6) is 1.61. The molecule has 2 heterocycles. The van der Waals surface area contributed by atoms with Crippen molar-refractivity contribution in [3.05, 3.63) is 40.4 Å². The standard InChI is InChI=1S/C26H36N4O3/c1-25(2)24(26(25,3)4)23(31)21-17-30(16-18-9-13-32-14-10-18)22-8-7-19(15-20(21)22)33-12-6-5-11-28-29-27/h7-8,15,17-18,24H,5-6,9-14,16H2,1-4H3. The second kappa shape index (κ2) is 9.40. The molecule has 1 aliphatic carbocycles. The summed E-state index contributed by atoms with van der Waals surface area (Å²) in [6.07, 6.45) is 5.81. The van der Waals surface area contributed by atoms with Crippen LogP contribution in [0.25, 0.3) is 21.3 Å². The van der Waals surface area contributed by atoms with Gasteiger partial charge in [-0.1, -0.05) is 32.8 Å². The van der Waals surface area contributed by atoms with Gasteiger partial charge in [0.05, 0.1) is 6.61 Å². The Morgan fingerprint density at radius 3 is 2.61 bits per heavy atom. The molecule has 0 amide bonds. The van der Waals surface area contributed by atoms with Crippen LogP contribution < -0.4 is 4.74 Å². The fourth-order valence-corrected chi connectivity index (χ4v) is 5.45. The summed E-state index contributed by atoms with van der Waals surface area (Å²) in [7, 11) is 0. The van der Waals surface area contributed by atoms with Crippen molar-refractivity contribution in [3.63, 3.8) is 0 Å². The van der Waals surface area contributed by atoms with E-state index in [-0.39, 0.29) is 22.5 Å². The highest BCUT2D eigenvalue weighted by Crippen LogP contribution is 2.69. The molecule has 7 nitrogen and oxygen atoms in total. The molecule has 2 aliphatic rings. The molecule has 0 radical (unpaired) electrons. The fraction of sp³-hybridized carbons (Fsp3) is 0.654. The van der Waals surface area contributed by atoms with E-state index in [4.69, 9.17) is 15.0 Å². The quantitative estimate of drug-likeness (QED) is 0.137. The third kappa shape index (κ3) is 4.62. The number of hydrogen-bond donors (Lipinski definition) is 0. The van der Waals surface area contributed by atoms with Crippen LogP contribution in [0.15, 0.2) is 29.5 Å². The lowest BCUT2D eigenvalue weighted by Crippen LogP contribution is -2.20. The maximum absolute atomic E-state index is 13.7. The summed E-state index contributed by atoms with van der Waals surface area (Å²) in [4.78, 5) is 16.5. The number of Topliss-reactive ketones (excluding diaryl/α,β-unsaturated/α-hetero) is 1. The maximum Gasteiger partial charge on any atom is 0.169 e. The topological polar surface area (TPSA) is 89.2 Å². The average Bonchev–Trinajstić information content (AvgIpc) is 3.04. The highest BCUT2D eigenvalue weighted by atomic mass is 16.5. The van der Waals surface area contributed by atoms with E-state index >= 15 is 0 Å². The molecule has 1 aromatic heterocycles. The number of hydrogen-bond acceptors (Lipinski definition) is 4. The monoisotopic (exact) mass is 452 g/mol. The molecule has 4 rings (SSSR count). The minimum atomic E-state index is -0.000760. The summed E-state index contributed by atoms with van der Waals surface area (Å²) >= 11 is 0. The van der Waals surface area contributed by atoms with E-state index < -0.39 is 0 Å². The second-order valence-corrected chi connectivity index (χ2v) is 10.7. The molecule has 2 aromatic rings. The van der Waals surface area contributed by atoms with Crippen molar-refractivity contribution in [2.24, 2.45) is 27.8 Å². The van der Waals surface area contributed by atoms with Gasteiger partial charge in [0.25, 0.3) is 0 Å². The number of fused-ring (bicyclic) bond motifs is 1. The number of unbranched alkanes of at least 4 members (excludes halogenated alkanes) is 1. The number of ether oxygens (including phenoxy) is 2. The van der Waals surface area contributed by atoms with Gasteiger partial charge in [0.2, 0.25) is 0 Å². The van der Waals surface area contributed by atoms with E-state index in [0.717, 1.165) is 67.7 Å². The largest absolute Gasteiger partial charge is 0.494 e. The molecule has 0 N–H and O–H groups in total. The molecule has 1 aliphatic heterocycles. The zero-order valence-electron chi connectivity index (χ0n) is 20.3. The van der Waals surface area contributed by atoms with Crippen molar-refractivity contribution in [3.8, 4) is 5.75 Å². The number of benzene rings is 1. The zero-order chi connectivity index (χ0) is 23.6. The molecular weight excluding hydrogens is 416 g/mol. The molecule has 0 bridgehead atoms. The van der Waals surface area contributed by atoms with Crippen LogP contribution >= 0.6 is 0 Å². The Balaban J connectivity index is 1.59. The van der Waals surface area contributed by atoms with Crippen LogP contribution in [-0.4, -0.2) is 36.7 Å². The Morgan fingerprint density at radius 1 is 1.21 bits per heavy atom. The molecule has 0 unspecified atom stereocenters. The summed E-state index contributed by atoms with van der Waals surface area (Å²) in [5.41, 5.74) is 10.3. The van der Waals surface area contributed by atoms with Gasteiger partial charge < -0.3 is 14.0 Å². The molecule has 1 aromatic carbocycles. The lowest BCUT2D eigenvalue weighted by atomic mass is 10.0. The first-order valence-corrected chi connectivity index (χ1v) is 12.2. The zero-order valence-corrected chi connectivity index (χ0v) is 20.3. The predicted octanol–water partition coefficient (Wildman–Crippen LogP) is 6.40. The predicted molar refractivity (Wildman–Crippen MR) is 130 cm³/mol. The number of rotatable bonds is 10. The molecule has 1 saturated heterocycles. The van der Waals surface area contributed by atoms with Gasteiger partial charge >= 0.3 is 0 Å². The van der Waals surface area contributed by atoms with E-state index in [1.54, 1.807) is 0 Å². The molecule has 0 atom stereocenters. The lowest BCUT2D eigenvalue weighted by molar-refractivity contribution is 0.0616. The Bertz CT molecular complexity index is 1040. The van der Waals surface area contributed by atoms with Gasteiger partial charge in [-0.2, -0.15) is 0 Å². The van der Waals surface area contributed by atoms with E-state index in [1.807, 2.05) is 12.1 Å². The van der Waals surface area contributed by atoms with Crippen LogP contribution in [0.1, 0.15) is 63.7 Å². The van der Waals surface area contributed by atoms with Crippen LogP contribution in [0, 0.1) is 22.7 Å². The first kappa shape index (κ1) is 23.7. The average molecular weight is 453 g/mol. The van der Waals surface area contributed by atoms with Crippen LogP contribution in [0.3, 0.4) is 0 Å². The molecular formula is C26H36N4O3. The number of azide groups is 1. The van der Waals surface area contributed by atoms with Crippen LogP contribution in [0.5, 0.6) is 5.75 Å². The molecule has 178 valence electrons. The van der Waals surface area contributed by atoms with Crippen molar-refractivity contribution in [2.75, 3.05) is 26.4 Å². The van der Waals surface area contributed by atoms with Crippen molar-refractivity contribution in [1.29, 1.82) is 0 Å². The van der Waals surface area contributed by atoms with E-state index in [1.165, 1.54) is 0 Å². The van der Waals surface area contributed by atoms with Crippen LogP contribution in [0.2, 0.25) is 0 Å². The number of nitrogens with zero attached hydrogens (tertiary/aromatic N) is 4. The van der Waals surface area contributed by atoms with Gasteiger partial charge in [-0.3, -0.25) is 4.79 Å². The first-order valence-electron chi connectivity index (χ1n) is 12.2. The number of aromatic nitrogens is 1. The van der Waals surface area contributed by atoms with Gasteiger partial charge in [-0.15, -0.1) is 0 Å². The minimum Gasteiger partial charge on any atom is -0.494 e. The van der Waals surface area contributed by atoms with E-state index in [2.05, 4.69) is 54.6 Å². The van der Waals surface area contributed by atoms with E-state index in [0.29, 0.717) is 19.1 Å². The van der Waals surface area contributed by atoms with E-state index in [9.17, 15) is 4.79 Å². The summed E-state index contributed by atoms with van der Waals surface area (Å²) < 4.78 is 13.8. The van der Waals surface area contributed by atoms with Crippen LogP contribution in [0.4, 0.5) is 0 Å². The van der Waals surface area contributed by atoms with Gasteiger partial charge in [-0.25, -0.2) is 0 Å². The third-order valence-electron chi connectivity index (χ3n) is 8.18. The molecule has 1 saturated carbocycles. The van der Waals surface area contributed by atoms with Crippen molar-refractivity contribution < 1.29 is 14.3 Å².